The predicted molar refractivity (Wildman–Crippen MR) is 139 cm³/mol. The summed E-state index contributed by atoms with van der Waals surface area (Å²) < 4.78 is 22.6. The zero-order valence-electron chi connectivity index (χ0n) is 19.7. The topological polar surface area (TPSA) is 78.9 Å². The normalized spacial score (nSPS) is 11.2. The summed E-state index contributed by atoms with van der Waals surface area (Å²) in [4.78, 5) is 16.3. The number of anilines is 1. The highest BCUT2D eigenvalue weighted by Crippen LogP contribution is 2.30. The number of hydrogen-bond acceptors (Lipinski definition) is 8. The van der Waals surface area contributed by atoms with E-state index in [4.69, 9.17) is 18.9 Å². The third-order valence-corrected chi connectivity index (χ3v) is 6.21. The van der Waals surface area contributed by atoms with Crippen molar-refractivity contribution >= 4 is 39.3 Å². The molecule has 4 aromatic rings. The number of ether oxygens (including phenoxy) is 4. The Morgan fingerprint density at radius 3 is 2.46 bits per heavy atom. The molecule has 4 rings (SSSR count). The molecule has 0 atom stereocenters. The number of rotatable bonds is 10. The maximum absolute atomic E-state index is 11.7. The minimum atomic E-state index is -0.366. The Labute approximate surface area is 207 Å². The minimum absolute atomic E-state index is 0.346. The average Bonchev–Trinajstić information content (AvgIpc) is 3.33. The summed E-state index contributed by atoms with van der Waals surface area (Å²) in [6.45, 7) is 0.873. The number of nitrogens with one attached hydrogen (secondary N) is 1. The van der Waals surface area contributed by atoms with Crippen LogP contribution in [0.3, 0.4) is 0 Å². The molecule has 0 aliphatic heterocycles. The van der Waals surface area contributed by atoms with Crippen LogP contribution >= 0.6 is 11.3 Å². The third kappa shape index (κ3) is 6.10. The molecular formula is C27H26N2O5S. The quantitative estimate of drug-likeness (QED) is 0.287. The molecule has 0 aliphatic carbocycles. The number of fused-ring (bicyclic) bond motifs is 1. The molecule has 0 fully saturated rings. The lowest BCUT2D eigenvalue weighted by atomic mass is 10.1. The summed E-state index contributed by atoms with van der Waals surface area (Å²) >= 11 is 1.51. The van der Waals surface area contributed by atoms with E-state index in [0.29, 0.717) is 35.4 Å². The molecular weight excluding hydrogens is 464 g/mol. The zero-order valence-corrected chi connectivity index (χ0v) is 20.6. The number of benzene rings is 3. The second-order valence-electron chi connectivity index (χ2n) is 7.58. The fourth-order valence-electron chi connectivity index (χ4n) is 3.44. The highest BCUT2D eigenvalue weighted by molar-refractivity contribution is 7.20. The summed E-state index contributed by atoms with van der Waals surface area (Å²) in [6.07, 6.45) is 2.03. The van der Waals surface area contributed by atoms with Gasteiger partial charge in [0.05, 0.1) is 37.1 Å². The summed E-state index contributed by atoms with van der Waals surface area (Å²) in [5.41, 5.74) is 4.23. The first-order valence-corrected chi connectivity index (χ1v) is 11.7. The van der Waals surface area contributed by atoms with Crippen molar-refractivity contribution in [3.8, 4) is 16.7 Å². The molecule has 0 spiro atoms. The molecule has 3 aromatic carbocycles. The van der Waals surface area contributed by atoms with Gasteiger partial charge in [-0.2, -0.15) is 0 Å². The number of esters is 1. The second-order valence-corrected chi connectivity index (χ2v) is 8.57. The van der Waals surface area contributed by atoms with Crippen molar-refractivity contribution in [2.45, 2.75) is 0 Å². The minimum Gasteiger partial charge on any atom is -0.493 e. The standard InChI is InChI=1S/C27H26N2O5S/c1-31-23-13-12-21(15-24(23)32-2)28-16-19(14-18-8-10-20(11-9-18)26(30)33-3)17-34-27-29-22-6-4-5-7-25(22)35-27/h4-15,28H,16-17H2,1-3H3. The fourth-order valence-corrected chi connectivity index (χ4v) is 4.26. The van der Waals surface area contributed by atoms with E-state index in [1.54, 1.807) is 26.4 Å². The van der Waals surface area contributed by atoms with Gasteiger partial charge in [-0.3, -0.25) is 0 Å². The molecule has 0 saturated heterocycles. The molecule has 0 amide bonds. The highest BCUT2D eigenvalue weighted by atomic mass is 32.1. The monoisotopic (exact) mass is 490 g/mol. The van der Waals surface area contributed by atoms with E-state index in [9.17, 15) is 4.79 Å². The first kappa shape index (κ1) is 24.1. The van der Waals surface area contributed by atoms with E-state index in [-0.39, 0.29) is 5.97 Å². The Balaban J connectivity index is 1.53. The predicted octanol–water partition coefficient (Wildman–Crippen LogP) is 5.67. The van der Waals surface area contributed by atoms with E-state index in [0.717, 1.165) is 27.0 Å². The van der Waals surface area contributed by atoms with Gasteiger partial charge in [-0.1, -0.05) is 41.7 Å². The van der Waals surface area contributed by atoms with Crippen LogP contribution in [-0.2, 0) is 4.74 Å². The Morgan fingerprint density at radius 2 is 1.74 bits per heavy atom. The van der Waals surface area contributed by atoms with Gasteiger partial charge in [0, 0.05) is 18.3 Å². The van der Waals surface area contributed by atoms with Crippen LogP contribution in [0.5, 0.6) is 16.7 Å². The molecule has 35 heavy (non-hydrogen) atoms. The Kier molecular flexibility index (Phi) is 7.84. The number of thiazole rings is 1. The molecule has 1 N–H and O–H groups in total. The molecule has 1 heterocycles. The molecule has 8 heteroatoms. The van der Waals surface area contributed by atoms with Crippen molar-refractivity contribution in [3.05, 3.63) is 83.4 Å². The average molecular weight is 491 g/mol. The number of carbonyl (C=O) groups excluding carboxylic acids is 1. The van der Waals surface area contributed by atoms with Gasteiger partial charge >= 0.3 is 5.97 Å². The number of aromatic nitrogens is 1. The van der Waals surface area contributed by atoms with E-state index in [1.807, 2.05) is 60.7 Å². The third-order valence-electron chi connectivity index (χ3n) is 5.26. The van der Waals surface area contributed by atoms with E-state index < -0.39 is 0 Å². The van der Waals surface area contributed by atoms with Gasteiger partial charge in [0.15, 0.2) is 11.5 Å². The van der Waals surface area contributed by atoms with Crippen molar-refractivity contribution < 1.29 is 23.7 Å². The van der Waals surface area contributed by atoms with Crippen LogP contribution in [0.25, 0.3) is 16.3 Å². The fraction of sp³-hybridized carbons (Fsp3) is 0.185. The molecule has 0 aliphatic rings. The van der Waals surface area contributed by atoms with Crippen molar-refractivity contribution in [3.63, 3.8) is 0 Å². The van der Waals surface area contributed by atoms with Crippen LogP contribution in [0.4, 0.5) is 5.69 Å². The van der Waals surface area contributed by atoms with E-state index in [1.165, 1.54) is 18.4 Å². The van der Waals surface area contributed by atoms with Crippen molar-refractivity contribution in [1.29, 1.82) is 0 Å². The summed E-state index contributed by atoms with van der Waals surface area (Å²) in [7, 11) is 4.58. The van der Waals surface area contributed by atoms with Gasteiger partial charge in [0.2, 0.25) is 0 Å². The Hall–Kier alpha value is -4.04. The lowest BCUT2D eigenvalue weighted by Crippen LogP contribution is -2.12. The van der Waals surface area contributed by atoms with Gasteiger partial charge in [-0.15, -0.1) is 0 Å². The number of hydrogen-bond donors (Lipinski definition) is 1. The summed E-state index contributed by atoms with van der Waals surface area (Å²) in [5.74, 6) is 0.945. The maximum Gasteiger partial charge on any atom is 0.337 e. The Bertz CT molecular complexity index is 1300. The molecule has 1 aromatic heterocycles. The van der Waals surface area contributed by atoms with Crippen LogP contribution < -0.4 is 19.5 Å². The number of para-hydroxylation sites is 1. The number of carbonyl (C=O) groups is 1. The second kappa shape index (κ2) is 11.4. The first-order chi connectivity index (χ1) is 17.1. The largest absolute Gasteiger partial charge is 0.493 e. The van der Waals surface area contributed by atoms with Crippen molar-refractivity contribution in [1.82, 2.24) is 4.98 Å². The number of nitrogens with zero attached hydrogens (tertiary/aromatic N) is 1. The van der Waals surface area contributed by atoms with Crippen molar-refractivity contribution in [2.24, 2.45) is 0 Å². The molecule has 0 radical (unpaired) electrons. The van der Waals surface area contributed by atoms with Crippen molar-refractivity contribution in [2.75, 3.05) is 39.8 Å². The van der Waals surface area contributed by atoms with E-state index >= 15 is 0 Å². The molecule has 180 valence electrons. The lowest BCUT2D eigenvalue weighted by Gasteiger charge is -2.13. The zero-order chi connectivity index (χ0) is 24.6. The molecule has 0 bridgehead atoms. The van der Waals surface area contributed by atoms with Crippen LogP contribution in [0.15, 0.2) is 72.3 Å². The molecule has 0 saturated carbocycles. The van der Waals surface area contributed by atoms with Gasteiger partial charge in [0.1, 0.15) is 6.61 Å². The van der Waals surface area contributed by atoms with Gasteiger partial charge < -0.3 is 24.3 Å². The molecule has 0 unspecified atom stereocenters. The van der Waals surface area contributed by atoms with Crippen LogP contribution in [0.2, 0.25) is 0 Å². The Morgan fingerprint density at radius 1 is 0.971 bits per heavy atom. The van der Waals surface area contributed by atoms with Gasteiger partial charge in [-0.05, 0) is 47.5 Å². The lowest BCUT2D eigenvalue weighted by molar-refractivity contribution is 0.0600. The smallest absolute Gasteiger partial charge is 0.337 e. The van der Waals surface area contributed by atoms with Crippen LogP contribution in [-0.4, -0.2) is 45.4 Å². The maximum atomic E-state index is 11.7. The summed E-state index contributed by atoms with van der Waals surface area (Å²) in [6, 6.07) is 20.8. The summed E-state index contributed by atoms with van der Waals surface area (Å²) in [5, 5.41) is 4.03. The van der Waals surface area contributed by atoms with Crippen LogP contribution in [0, 0.1) is 0 Å². The number of methoxy groups -OCH3 is 3. The SMILES string of the molecule is COC(=O)c1ccc(C=C(CNc2ccc(OC)c(OC)c2)COc2nc3ccccc3s2)cc1. The van der Waals surface area contributed by atoms with Crippen LogP contribution in [0.1, 0.15) is 15.9 Å². The van der Waals surface area contributed by atoms with Gasteiger partial charge in [-0.25, -0.2) is 9.78 Å². The van der Waals surface area contributed by atoms with E-state index in [2.05, 4.69) is 10.3 Å². The first-order valence-electron chi connectivity index (χ1n) is 10.9. The highest BCUT2D eigenvalue weighted by Gasteiger charge is 2.09. The molecule has 7 nitrogen and oxygen atoms in total. The van der Waals surface area contributed by atoms with Gasteiger partial charge in [0.25, 0.3) is 5.19 Å².